The van der Waals surface area contributed by atoms with Crippen LogP contribution in [0.3, 0.4) is 0 Å². The van der Waals surface area contributed by atoms with Crippen molar-refractivity contribution in [2.24, 2.45) is 0 Å². The first-order valence-electron chi connectivity index (χ1n) is 5.61. The number of hydrogen-bond acceptors (Lipinski definition) is 7. The van der Waals surface area contributed by atoms with Crippen LogP contribution in [0.2, 0.25) is 0 Å². The number of ether oxygens (including phenoxy) is 1. The number of anilines is 1. The standard InChI is InChI=1S/C11H10F3N5OS/c1-15-8-17-9(20-2)19-10(18-8)21-7-4-3-6(5-16-7)11(12,13)14/h3-5H,1-2H3,(H,15,17,18,19). The third-order valence-electron chi connectivity index (χ3n) is 2.26. The fraction of sp³-hybridized carbons (Fsp3) is 0.273. The molecule has 0 amide bonds. The highest BCUT2D eigenvalue weighted by Gasteiger charge is 2.30. The van der Waals surface area contributed by atoms with Gasteiger partial charge < -0.3 is 10.1 Å². The van der Waals surface area contributed by atoms with E-state index >= 15 is 0 Å². The van der Waals surface area contributed by atoms with Gasteiger partial charge in [-0.3, -0.25) is 0 Å². The molecule has 0 saturated heterocycles. The highest BCUT2D eigenvalue weighted by Crippen LogP contribution is 2.31. The van der Waals surface area contributed by atoms with E-state index in [0.29, 0.717) is 5.03 Å². The van der Waals surface area contributed by atoms with Gasteiger partial charge in [0.1, 0.15) is 5.03 Å². The number of aromatic nitrogens is 4. The van der Waals surface area contributed by atoms with Gasteiger partial charge in [-0.15, -0.1) is 0 Å². The third-order valence-corrected chi connectivity index (χ3v) is 3.08. The number of halogens is 3. The Kier molecular flexibility index (Phi) is 4.46. The second-order valence-electron chi connectivity index (χ2n) is 3.66. The molecule has 10 heteroatoms. The Labute approximate surface area is 122 Å². The van der Waals surface area contributed by atoms with Crippen LogP contribution in [0.5, 0.6) is 6.01 Å². The first-order chi connectivity index (χ1) is 9.92. The van der Waals surface area contributed by atoms with E-state index in [9.17, 15) is 13.2 Å². The van der Waals surface area contributed by atoms with Crippen LogP contribution in [-0.4, -0.2) is 34.1 Å². The van der Waals surface area contributed by atoms with Gasteiger partial charge in [0, 0.05) is 13.2 Å². The molecule has 0 fully saturated rings. The Hall–Kier alpha value is -2.10. The lowest BCUT2D eigenvalue weighted by atomic mass is 10.3. The van der Waals surface area contributed by atoms with Crippen LogP contribution in [0.1, 0.15) is 5.56 Å². The minimum absolute atomic E-state index is 0.101. The smallest absolute Gasteiger partial charge is 0.417 e. The number of methoxy groups -OCH3 is 1. The van der Waals surface area contributed by atoms with E-state index in [1.54, 1.807) is 7.05 Å². The zero-order valence-corrected chi connectivity index (χ0v) is 11.8. The van der Waals surface area contributed by atoms with Crippen molar-refractivity contribution in [1.29, 1.82) is 0 Å². The number of hydrogen-bond donors (Lipinski definition) is 1. The predicted molar refractivity (Wildman–Crippen MR) is 69.3 cm³/mol. The molecule has 0 radical (unpaired) electrons. The molecule has 6 nitrogen and oxygen atoms in total. The van der Waals surface area contributed by atoms with Gasteiger partial charge >= 0.3 is 12.2 Å². The number of nitrogens with zero attached hydrogens (tertiary/aromatic N) is 4. The lowest BCUT2D eigenvalue weighted by Crippen LogP contribution is -2.05. The molecular weight excluding hydrogens is 307 g/mol. The summed E-state index contributed by atoms with van der Waals surface area (Å²) in [7, 11) is 3.03. The van der Waals surface area contributed by atoms with Crippen molar-refractivity contribution in [3.05, 3.63) is 23.9 Å². The molecule has 0 atom stereocenters. The van der Waals surface area contributed by atoms with Gasteiger partial charge in [-0.1, -0.05) is 0 Å². The van der Waals surface area contributed by atoms with E-state index in [0.717, 1.165) is 24.0 Å². The van der Waals surface area contributed by atoms with Crippen molar-refractivity contribution < 1.29 is 17.9 Å². The van der Waals surface area contributed by atoms with Crippen LogP contribution >= 0.6 is 11.8 Å². The lowest BCUT2D eigenvalue weighted by Gasteiger charge is -2.07. The Balaban J connectivity index is 2.22. The molecule has 2 heterocycles. The number of rotatable bonds is 4. The lowest BCUT2D eigenvalue weighted by molar-refractivity contribution is -0.137. The molecule has 2 aromatic heterocycles. The summed E-state index contributed by atoms with van der Waals surface area (Å²) in [6.07, 6.45) is -3.65. The fourth-order valence-electron chi connectivity index (χ4n) is 1.29. The Bertz CT molecular complexity index is 598. The quantitative estimate of drug-likeness (QED) is 0.928. The van der Waals surface area contributed by atoms with E-state index in [2.05, 4.69) is 25.3 Å². The molecule has 0 saturated carbocycles. The molecule has 1 N–H and O–H groups in total. The number of pyridine rings is 1. The highest BCUT2D eigenvalue weighted by atomic mass is 32.2. The van der Waals surface area contributed by atoms with Crippen LogP contribution in [0.25, 0.3) is 0 Å². The van der Waals surface area contributed by atoms with Crippen LogP contribution in [-0.2, 0) is 6.18 Å². The molecule has 2 aromatic rings. The summed E-state index contributed by atoms with van der Waals surface area (Å²) < 4.78 is 42.2. The first-order valence-corrected chi connectivity index (χ1v) is 6.43. The fourth-order valence-corrected chi connectivity index (χ4v) is 1.97. The molecule has 2 rings (SSSR count). The maximum atomic E-state index is 12.4. The molecule has 0 bridgehead atoms. The van der Waals surface area contributed by atoms with Crippen molar-refractivity contribution in [2.75, 3.05) is 19.5 Å². The topological polar surface area (TPSA) is 72.8 Å². The molecule has 0 spiro atoms. The van der Waals surface area contributed by atoms with Gasteiger partial charge in [0.2, 0.25) is 11.1 Å². The average Bonchev–Trinajstić information content (AvgIpc) is 2.46. The molecule has 0 aliphatic heterocycles. The predicted octanol–water partition coefficient (Wildman–Crippen LogP) is 2.49. The van der Waals surface area contributed by atoms with Crippen molar-refractivity contribution >= 4 is 17.7 Å². The van der Waals surface area contributed by atoms with E-state index in [1.807, 2.05) is 0 Å². The molecule has 0 aromatic carbocycles. The molecule has 0 unspecified atom stereocenters. The number of alkyl halides is 3. The first kappa shape index (κ1) is 15.3. The summed E-state index contributed by atoms with van der Waals surface area (Å²) in [5, 5.41) is 3.33. The second kappa shape index (κ2) is 6.12. The number of nitrogens with one attached hydrogen (secondary N) is 1. The zero-order chi connectivity index (χ0) is 15.5. The maximum absolute atomic E-state index is 12.4. The van der Waals surface area contributed by atoms with Crippen molar-refractivity contribution in [3.63, 3.8) is 0 Å². The minimum Gasteiger partial charge on any atom is -0.467 e. The minimum atomic E-state index is -4.41. The average molecular weight is 317 g/mol. The van der Waals surface area contributed by atoms with Gasteiger partial charge in [0.15, 0.2) is 0 Å². The molecule has 21 heavy (non-hydrogen) atoms. The van der Waals surface area contributed by atoms with Gasteiger partial charge in [0.25, 0.3) is 0 Å². The van der Waals surface area contributed by atoms with Crippen molar-refractivity contribution in [2.45, 2.75) is 16.4 Å². The maximum Gasteiger partial charge on any atom is 0.417 e. The van der Waals surface area contributed by atoms with Gasteiger partial charge in [-0.2, -0.15) is 28.1 Å². The normalized spacial score (nSPS) is 11.3. The summed E-state index contributed by atoms with van der Waals surface area (Å²) in [6.45, 7) is 0. The van der Waals surface area contributed by atoms with Crippen molar-refractivity contribution in [1.82, 2.24) is 19.9 Å². The zero-order valence-electron chi connectivity index (χ0n) is 11.0. The largest absolute Gasteiger partial charge is 0.467 e. The molecular formula is C11H10F3N5OS. The van der Waals surface area contributed by atoms with Crippen LogP contribution < -0.4 is 10.1 Å². The molecule has 0 aliphatic carbocycles. The molecule has 0 aliphatic rings. The van der Waals surface area contributed by atoms with E-state index in [4.69, 9.17) is 4.74 Å². The SMILES string of the molecule is CNc1nc(OC)nc(Sc2ccc(C(F)(F)F)cn2)n1. The highest BCUT2D eigenvalue weighted by molar-refractivity contribution is 7.99. The summed E-state index contributed by atoms with van der Waals surface area (Å²) in [6, 6.07) is 2.30. The van der Waals surface area contributed by atoms with E-state index in [1.165, 1.54) is 13.2 Å². The molecule has 112 valence electrons. The van der Waals surface area contributed by atoms with Gasteiger partial charge in [-0.05, 0) is 23.9 Å². The Morgan fingerprint density at radius 1 is 1.19 bits per heavy atom. The Morgan fingerprint density at radius 2 is 1.95 bits per heavy atom. The monoisotopic (exact) mass is 317 g/mol. The summed E-state index contributed by atoms with van der Waals surface area (Å²) in [4.78, 5) is 15.7. The summed E-state index contributed by atoms with van der Waals surface area (Å²) >= 11 is 1.01. The van der Waals surface area contributed by atoms with Crippen molar-refractivity contribution in [3.8, 4) is 6.01 Å². The van der Waals surface area contributed by atoms with Crippen LogP contribution in [0, 0.1) is 0 Å². The van der Waals surface area contributed by atoms with Gasteiger partial charge in [0.05, 0.1) is 12.7 Å². The summed E-state index contributed by atoms with van der Waals surface area (Å²) in [5.74, 6) is 0.288. The van der Waals surface area contributed by atoms with Crippen LogP contribution in [0.15, 0.2) is 28.5 Å². The van der Waals surface area contributed by atoms with E-state index < -0.39 is 11.7 Å². The second-order valence-corrected chi connectivity index (χ2v) is 4.65. The van der Waals surface area contributed by atoms with Gasteiger partial charge in [-0.25, -0.2) is 4.98 Å². The van der Waals surface area contributed by atoms with Crippen LogP contribution in [0.4, 0.5) is 19.1 Å². The van der Waals surface area contributed by atoms with E-state index in [-0.39, 0.29) is 17.1 Å². The summed E-state index contributed by atoms with van der Waals surface area (Å²) in [5.41, 5.74) is -0.809. The third kappa shape index (κ3) is 3.94. The Morgan fingerprint density at radius 3 is 2.48 bits per heavy atom.